The van der Waals surface area contributed by atoms with E-state index in [0.29, 0.717) is 12.1 Å². The maximum Gasteiger partial charge on any atom is 0.251 e. The van der Waals surface area contributed by atoms with E-state index >= 15 is 0 Å². The van der Waals surface area contributed by atoms with Crippen LogP contribution in [0.5, 0.6) is 0 Å². The summed E-state index contributed by atoms with van der Waals surface area (Å²) in [5, 5.41) is 5.65. The highest BCUT2D eigenvalue weighted by Gasteiger charge is 2.24. The van der Waals surface area contributed by atoms with Crippen molar-refractivity contribution in [3.63, 3.8) is 0 Å². The van der Waals surface area contributed by atoms with Gasteiger partial charge in [0.05, 0.1) is 20.1 Å². The molecule has 1 atom stereocenters. The molecule has 0 bridgehead atoms. The van der Waals surface area contributed by atoms with E-state index in [1.807, 2.05) is 30.3 Å². The first kappa shape index (κ1) is 21.8. The van der Waals surface area contributed by atoms with Crippen molar-refractivity contribution >= 4 is 16.7 Å². The van der Waals surface area contributed by atoms with Gasteiger partial charge in [-0.15, -0.1) is 0 Å². The minimum atomic E-state index is -0.0150. The zero-order chi connectivity index (χ0) is 22.4. The van der Waals surface area contributed by atoms with Crippen molar-refractivity contribution in [1.82, 2.24) is 5.32 Å². The van der Waals surface area contributed by atoms with Gasteiger partial charge in [-0.25, -0.2) is 0 Å². The van der Waals surface area contributed by atoms with Crippen LogP contribution in [0.2, 0.25) is 0 Å². The average Bonchev–Trinajstić information content (AvgIpc) is 2.81. The SMILES string of the molecule is Cc1ccccc1C[N+](C)(CCNC(=O)c1ccccc1)Cc1ccc2ccccc2c1. The number of amides is 1. The summed E-state index contributed by atoms with van der Waals surface area (Å²) in [4.78, 5) is 12.5. The van der Waals surface area contributed by atoms with Gasteiger partial charge in [0.25, 0.3) is 5.91 Å². The van der Waals surface area contributed by atoms with Crippen molar-refractivity contribution in [2.45, 2.75) is 20.0 Å². The molecule has 0 radical (unpaired) electrons. The molecule has 1 N–H and O–H groups in total. The van der Waals surface area contributed by atoms with Crippen LogP contribution >= 0.6 is 0 Å². The van der Waals surface area contributed by atoms with Gasteiger partial charge in [0.2, 0.25) is 0 Å². The molecule has 0 spiro atoms. The number of benzene rings is 4. The predicted octanol–water partition coefficient (Wildman–Crippen LogP) is 5.73. The summed E-state index contributed by atoms with van der Waals surface area (Å²) in [7, 11) is 2.29. The van der Waals surface area contributed by atoms with E-state index < -0.39 is 0 Å². The maximum absolute atomic E-state index is 12.5. The highest BCUT2D eigenvalue weighted by Crippen LogP contribution is 2.22. The minimum Gasteiger partial charge on any atom is -0.346 e. The minimum absolute atomic E-state index is 0.0150. The van der Waals surface area contributed by atoms with Crippen LogP contribution < -0.4 is 5.32 Å². The van der Waals surface area contributed by atoms with Gasteiger partial charge in [-0.2, -0.15) is 0 Å². The number of aryl methyl sites for hydroxylation is 1. The molecule has 0 heterocycles. The molecule has 0 aliphatic rings. The molecule has 4 aromatic rings. The first-order chi connectivity index (χ1) is 15.5. The van der Waals surface area contributed by atoms with E-state index in [4.69, 9.17) is 0 Å². The van der Waals surface area contributed by atoms with Crippen molar-refractivity contribution in [2.75, 3.05) is 20.1 Å². The Morgan fingerprint density at radius 3 is 2.25 bits per heavy atom. The molecule has 162 valence electrons. The second kappa shape index (κ2) is 9.80. The Morgan fingerprint density at radius 1 is 0.781 bits per heavy atom. The van der Waals surface area contributed by atoms with Crippen LogP contribution in [0.1, 0.15) is 27.0 Å². The highest BCUT2D eigenvalue weighted by atomic mass is 16.1. The number of hydrogen-bond donors (Lipinski definition) is 1. The molecule has 0 aromatic heterocycles. The van der Waals surface area contributed by atoms with Crippen LogP contribution in [0, 0.1) is 6.92 Å². The molecular weight excluding hydrogens is 392 g/mol. The van der Waals surface area contributed by atoms with Crippen molar-refractivity contribution in [3.05, 3.63) is 119 Å². The number of carbonyl (C=O) groups excluding carboxylic acids is 1. The summed E-state index contributed by atoms with van der Waals surface area (Å²) in [6.45, 7) is 5.47. The van der Waals surface area contributed by atoms with Crippen LogP contribution in [0.4, 0.5) is 0 Å². The molecule has 1 unspecified atom stereocenters. The van der Waals surface area contributed by atoms with E-state index in [2.05, 4.69) is 86.0 Å². The molecule has 4 aromatic carbocycles. The normalized spacial score (nSPS) is 12.9. The molecule has 0 fully saturated rings. The molecule has 4 rings (SSSR count). The number of fused-ring (bicyclic) bond motifs is 1. The lowest BCUT2D eigenvalue weighted by molar-refractivity contribution is -0.934. The van der Waals surface area contributed by atoms with E-state index in [-0.39, 0.29) is 5.91 Å². The van der Waals surface area contributed by atoms with Gasteiger partial charge >= 0.3 is 0 Å². The molecule has 32 heavy (non-hydrogen) atoms. The summed E-state index contributed by atoms with van der Waals surface area (Å²) < 4.78 is 0.818. The zero-order valence-corrected chi connectivity index (χ0v) is 18.9. The third kappa shape index (κ3) is 5.43. The number of carbonyl (C=O) groups is 1. The number of quaternary nitrogens is 1. The molecule has 0 saturated carbocycles. The first-order valence-corrected chi connectivity index (χ1v) is 11.2. The Hall–Kier alpha value is -3.43. The number of nitrogens with zero attached hydrogens (tertiary/aromatic N) is 1. The summed E-state index contributed by atoms with van der Waals surface area (Å²) in [6, 6.07) is 33.3. The fourth-order valence-electron chi connectivity index (χ4n) is 4.32. The van der Waals surface area contributed by atoms with Gasteiger partial charge in [0.1, 0.15) is 13.1 Å². The van der Waals surface area contributed by atoms with Gasteiger partial charge in [-0.05, 0) is 41.5 Å². The Labute approximate surface area is 190 Å². The quantitative estimate of drug-likeness (QED) is 0.361. The van der Waals surface area contributed by atoms with Gasteiger partial charge in [-0.3, -0.25) is 4.79 Å². The largest absolute Gasteiger partial charge is 0.346 e. The van der Waals surface area contributed by atoms with Crippen molar-refractivity contribution in [2.24, 2.45) is 0 Å². The average molecular weight is 424 g/mol. The van der Waals surface area contributed by atoms with E-state index in [1.165, 1.54) is 27.5 Å². The fourth-order valence-corrected chi connectivity index (χ4v) is 4.32. The molecule has 3 heteroatoms. The van der Waals surface area contributed by atoms with E-state index in [1.54, 1.807) is 0 Å². The Bertz CT molecular complexity index is 1200. The lowest BCUT2D eigenvalue weighted by Gasteiger charge is -2.35. The third-order valence-corrected chi connectivity index (χ3v) is 6.16. The standard InChI is InChI=1S/C29H30N2O/c1-23-10-6-7-15-28(23)22-31(2,19-18-30-29(32)26-12-4-3-5-13-26)21-24-16-17-25-11-8-9-14-27(25)20-24/h3-17,20H,18-19,21-22H2,1-2H3/p+1. The van der Waals surface area contributed by atoms with Crippen LogP contribution in [0.3, 0.4) is 0 Å². The molecule has 3 nitrogen and oxygen atoms in total. The smallest absolute Gasteiger partial charge is 0.251 e. The third-order valence-electron chi connectivity index (χ3n) is 6.16. The van der Waals surface area contributed by atoms with E-state index in [9.17, 15) is 4.79 Å². The van der Waals surface area contributed by atoms with Gasteiger partial charge in [-0.1, -0.05) is 78.9 Å². The Balaban J connectivity index is 1.52. The molecular formula is C29H31N2O+. The fraction of sp³-hybridized carbons (Fsp3) is 0.207. The molecule has 0 aliphatic heterocycles. The number of rotatable bonds is 8. The van der Waals surface area contributed by atoms with Crippen molar-refractivity contribution in [3.8, 4) is 0 Å². The van der Waals surface area contributed by atoms with E-state index in [0.717, 1.165) is 24.1 Å². The zero-order valence-electron chi connectivity index (χ0n) is 18.9. The molecule has 0 aliphatic carbocycles. The van der Waals surface area contributed by atoms with Crippen molar-refractivity contribution in [1.29, 1.82) is 0 Å². The van der Waals surface area contributed by atoms with Crippen LogP contribution in [0.15, 0.2) is 97.1 Å². The molecule has 0 saturated heterocycles. The molecule has 1 amide bonds. The summed E-state index contributed by atoms with van der Waals surface area (Å²) >= 11 is 0. The topological polar surface area (TPSA) is 29.1 Å². The first-order valence-electron chi connectivity index (χ1n) is 11.2. The van der Waals surface area contributed by atoms with Crippen LogP contribution in [-0.4, -0.2) is 30.5 Å². The lowest BCUT2D eigenvalue weighted by atomic mass is 10.0. The maximum atomic E-state index is 12.5. The Morgan fingerprint density at radius 2 is 1.47 bits per heavy atom. The summed E-state index contributed by atoms with van der Waals surface area (Å²) in [6.07, 6.45) is 0. The summed E-state index contributed by atoms with van der Waals surface area (Å²) in [5.41, 5.74) is 4.68. The predicted molar refractivity (Wildman–Crippen MR) is 132 cm³/mol. The lowest BCUT2D eigenvalue weighted by Crippen LogP contribution is -2.47. The van der Waals surface area contributed by atoms with Crippen LogP contribution in [0.25, 0.3) is 10.8 Å². The monoisotopic (exact) mass is 423 g/mol. The van der Waals surface area contributed by atoms with Crippen molar-refractivity contribution < 1.29 is 9.28 Å². The highest BCUT2D eigenvalue weighted by molar-refractivity contribution is 5.94. The number of likely N-dealkylation sites (N-methyl/N-ethyl adjacent to an activating group) is 1. The Kier molecular flexibility index (Phi) is 6.67. The second-order valence-electron chi connectivity index (χ2n) is 8.89. The van der Waals surface area contributed by atoms with Gasteiger partial charge in [0.15, 0.2) is 0 Å². The number of hydrogen-bond acceptors (Lipinski definition) is 1. The number of nitrogens with one attached hydrogen (secondary N) is 1. The van der Waals surface area contributed by atoms with Gasteiger partial charge < -0.3 is 9.80 Å². The summed E-state index contributed by atoms with van der Waals surface area (Å²) in [5.74, 6) is -0.0150. The van der Waals surface area contributed by atoms with Crippen LogP contribution in [-0.2, 0) is 13.1 Å². The van der Waals surface area contributed by atoms with Gasteiger partial charge in [0, 0.05) is 16.7 Å². The second-order valence-corrected chi connectivity index (χ2v) is 8.89.